The van der Waals surface area contributed by atoms with Crippen molar-refractivity contribution < 1.29 is 18.9 Å². The van der Waals surface area contributed by atoms with Crippen LogP contribution in [0.25, 0.3) is 11.0 Å². The number of aromatic amines is 2. The van der Waals surface area contributed by atoms with Gasteiger partial charge >= 0.3 is 5.95 Å². The van der Waals surface area contributed by atoms with Gasteiger partial charge in [0, 0.05) is 32.4 Å². The largest absolute Gasteiger partial charge is 0.493 e. The third-order valence-electron chi connectivity index (χ3n) is 7.22. The third kappa shape index (κ3) is 4.87. The van der Waals surface area contributed by atoms with Gasteiger partial charge in [-0.05, 0) is 61.2 Å². The van der Waals surface area contributed by atoms with Crippen molar-refractivity contribution in [2.45, 2.75) is 39.3 Å². The Balaban J connectivity index is 1.51. The quantitative estimate of drug-likeness (QED) is 0.273. The molecule has 1 amide bonds. The molecular formula is C28H33FN7O2+. The molecule has 3 heterocycles. The molecule has 5 N–H and O–H groups in total. The maximum Gasteiger partial charge on any atom is 0.351 e. The lowest BCUT2D eigenvalue weighted by molar-refractivity contribution is -0.333. The van der Waals surface area contributed by atoms with Gasteiger partial charge in [-0.25, -0.2) is 9.37 Å². The van der Waals surface area contributed by atoms with E-state index in [1.807, 2.05) is 6.07 Å². The van der Waals surface area contributed by atoms with Crippen LogP contribution in [0.5, 0.6) is 5.75 Å². The summed E-state index contributed by atoms with van der Waals surface area (Å²) in [6.07, 6.45) is 3.87. The number of methoxy groups -OCH3 is 1. The predicted octanol–water partition coefficient (Wildman–Crippen LogP) is 4.53. The van der Waals surface area contributed by atoms with Crippen molar-refractivity contribution in [3.63, 3.8) is 0 Å². The van der Waals surface area contributed by atoms with Gasteiger partial charge in [0.2, 0.25) is 11.5 Å². The number of amides is 1. The predicted molar refractivity (Wildman–Crippen MR) is 146 cm³/mol. The van der Waals surface area contributed by atoms with Gasteiger partial charge in [0.15, 0.2) is 5.75 Å². The minimum atomic E-state index is -0.620. The first-order valence-electron chi connectivity index (χ1n) is 12.8. The van der Waals surface area contributed by atoms with Crippen molar-refractivity contribution in [3.05, 3.63) is 65.1 Å². The van der Waals surface area contributed by atoms with Gasteiger partial charge in [-0.1, -0.05) is 18.0 Å². The summed E-state index contributed by atoms with van der Waals surface area (Å²) in [4.78, 5) is 26.1. The van der Waals surface area contributed by atoms with Crippen LogP contribution in [0, 0.1) is 5.82 Å². The van der Waals surface area contributed by atoms with E-state index in [2.05, 4.69) is 56.8 Å². The van der Waals surface area contributed by atoms with Gasteiger partial charge in [0.1, 0.15) is 11.5 Å². The Kier molecular flexibility index (Phi) is 7.15. The number of ether oxygens (including phenoxy) is 1. The van der Waals surface area contributed by atoms with Crippen LogP contribution in [0.4, 0.5) is 27.5 Å². The van der Waals surface area contributed by atoms with E-state index in [1.165, 1.54) is 24.2 Å². The monoisotopic (exact) mass is 518 g/mol. The van der Waals surface area contributed by atoms with E-state index in [0.29, 0.717) is 29.1 Å². The Morgan fingerprint density at radius 2 is 2.08 bits per heavy atom. The van der Waals surface area contributed by atoms with Gasteiger partial charge in [-0.2, -0.15) is 0 Å². The van der Waals surface area contributed by atoms with E-state index in [9.17, 15) is 9.18 Å². The van der Waals surface area contributed by atoms with Gasteiger partial charge in [0.05, 0.1) is 23.7 Å². The van der Waals surface area contributed by atoms with Crippen LogP contribution in [0.1, 0.15) is 41.8 Å². The molecule has 38 heavy (non-hydrogen) atoms. The molecule has 4 aromatic rings. The van der Waals surface area contributed by atoms with E-state index in [0.717, 1.165) is 42.8 Å². The molecule has 1 aliphatic heterocycles. The molecule has 2 aromatic heterocycles. The smallest absolute Gasteiger partial charge is 0.351 e. The number of nitrogens with zero attached hydrogens (tertiary/aromatic N) is 2. The van der Waals surface area contributed by atoms with Crippen LogP contribution in [-0.2, 0) is 13.0 Å². The second-order valence-corrected chi connectivity index (χ2v) is 9.49. The number of aromatic nitrogens is 3. The topological polar surface area (TPSA) is 108 Å². The van der Waals surface area contributed by atoms with E-state index >= 15 is 0 Å². The van der Waals surface area contributed by atoms with Gasteiger partial charge in [0.25, 0.3) is 5.91 Å². The molecule has 1 atom stereocenters. The van der Waals surface area contributed by atoms with E-state index < -0.39 is 11.7 Å². The fourth-order valence-corrected chi connectivity index (χ4v) is 4.89. The Hall–Kier alpha value is -4.18. The molecule has 0 aliphatic carbocycles. The Morgan fingerprint density at radius 1 is 1.24 bits per heavy atom. The molecule has 0 bridgehead atoms. The summed E-state index contributed by atoms with van der Waals surface area (Å²) in [7, 11) is 3.12. The van der Waals surface area contributed by atoms with Crippen molar-refractivity contribution >= 4 is 40.1 Å². The molecule has 0 spiro atoms. The lowest BCUT2D eigenvalue weighted by Gasteiger charge is -2.33. The number of fused-ring (bicyclic) bond motifs is 2. The van der Waals surface area contributed by atoms with Crippen LogP contribution in [0.15, 0.2) is 42.6 Å². The van der Waals surface area contributed by atoms with E-state index in [4.69, 9.17) is 9.72 Å². The van der Waals surface area contributed by atoms with Crippen LogP contribution in [0.3, 0.4) is 0 Å². The SMILES string of the molecule is CCC(C)N1CCc2cc(OC)c(Nc3nc(Nc4cccc(F)c4C(=O)NC)c4cc[nH]c4[nH+]3)cc2C1. The second-order valence-electron chi connectivity index (χ2n) is 9.49. The highest BCUT2D eigenvalue weighted by Crippen LogP contribution is 2.34. The highest BCUT2D eigenvalue weighted by Gasteiger charge is 2.24. The average molecular weight is 519 g/mol. The molecule has 198 valence electrons. The molecule has 1 unspecified atom stereocenters. The molecule has 10 heteroatoms. The molecule has 5 rings (SSSR count). The van der Waals surface area contributed by atoms with Crippen molar-refractivity contribution in [3.8, 4) is 5.75 Å². The molecule has 0 saturated carbocycles. The maximum absolute atomic E-state index is 14.6. The molecule has 0 fully saturated rings. The van der Waals surface area contributed by atoms with E-state index in [-0.39, 0.29) is 5.56 Å². The maximum atomic E-state index is 14.6. The first-order chi connectivity index (χ1) is 18.4. The molecule has 2 aromatic carbocycles. The van der Waals surface area contributed by atoms with Crippen LogP contribution in [0.2, 0.25) is 0 Å². The van der Waals surface area contributed by atoms with Crippen LogP contribution in [-0.4, -0.2) is 47.5 Å². The average Bonchev–Trinajstić information content (AvgIpc) is 3.40. The van der Waals surface area contributed by atoms with Crippen molar-refractivity contribution in [1.29, 1.82) is 0 Å². The Morgan fingerprint density at radius 3 is 2.84 bits per heavy atom. The van der Waals surface area contributed by atoms with Gasteiger partial charge < -0.3 is 15.4 Å². The van der Waals surface area contributed by atoms with Crippen molar-refractivity contribution in [2.75, 3.05) is 31.3 Å². The summed E-state index contributed by atoms with van der Waals surface area (Å²) in [5.74, 6) is 0.489. The summed E-state index contributed by atoms with van der Waals surface area (Å²) in [6.45, 7) is 6.39. The zero-order valence-electron chi connectivity index (χ0n) is 22.0. The Labute approximate surface area is 220 Å². The van der Waals surface area contributed by atoms with Crippen molar-refractivity contribution in [2.24, 2.45) is 0 Å². The lowest BCUT2D eigenvalue weighted by atomic mass is 9.97. The first-order valence-corrected chi connectivity index (χ1v) is 12.8. The lowest BCUT2D eigenvalue weighted by Crippen LogP contribution is -2.37. The number of H-pyrrole nitrogens is 2. The summed E-state index contributed by atoms with van der Waals surface area (Å²) < 4.78 is 20.3. The summed E-state index contributed by atoms with van der Waals surface area (Å²) >= 11 is 0. The number of halogens is 1. The molecule has 0 saturated heterocycles. The molecule has 9 nitrogen and oxygen atoms in total. The number of benzene rings is 2. The Bertz CT molecular complexity index is 1490. The summed E-state index contributed by atoms with van der Waals surface area (Å²) in [5, 5.41) is 9.78. The highest BCUT2D eigenvalue weighted by atomic mass is 19.1. The minimum absolute atomic E-state index is 0.0787. The molecular weight excluding hydrogens is 485 g/mol. The molecule has 0 radical (unpaired) electrons. The number of hydrogen-bond acceptors (Lipinski definition) is 6. The number of rotatable bonds is 8. The normalized spacial score (nSPS) is 14.1. The zero-order valence-corrected chi connectivity index (χ0v) is 22.0. The van der Waals surface area contributed by atoms with Crippen LogP contribution >= 0.6 is 0 Å². The standard InChI is InChI=1S/C28H32FN7O2/c1-5-16(2)36-12-10-17-14-23(38-4)22(13-18(17)15-36)33-28-34-25-19(9-11-31-25)26(35-28)32-21-8-6-7-20(29)24(21)27(37)30-3/h6-9,11,13-14,16H,5,10,12,15H2,1-4H3,(H,30,37)(H3,31,32,33,34,35)/p+1. The number of hydrogen-bond donors (Lipinski definition) is 4. The fraction of sp³-hybridized carbons (Fsp3) is 0.321. The fourth-order valence-electron chi connectivity index (χ4n) is 4.89. The molecule has 1 aliphatic rings. The summed E-state index contributed by atoms with van der Waals surface area (Å²) in [6, 6.07) is 11.0. The number of carbonyl (C=O) groups is 1. The van der Waals surface area contributed by atoms with Gasteiger partial charge in [-0.15, -0.1) is 0 Å². The zero-order chi connectivity index (χ0) is 26.8. The third-order valence-corrected chi connectivity index (χ3v) is 7.22. The van der Waals surface area contributed by atoms with E-state index in [1.54, 1.807) is 25.4 Å². The minimum Gasteiger partial charge on any atom is -0.493 e. The summed E-state index contributed by atoms with van der Waals surface area (Å²) in [5.41, 5.74) is 4.28. The first kappa shape index (κ1) is 25.5. The highest BCUT2D eigenvalue weighted by molar-refractivity contribution is 6.01. The number of anilines is 4. The number of nitrogens with one attached hydrogen (secondary N) is 5. The van der Waals surface area contributed by atoms with Crippen molar-refractivity contribution in [1.82, 2.24) is 20.2 Å². The number of carbonyl (C=O) groups excluding carboxylic acids is 1. The second kappa shape index (κ2) is 10.7. The van der Waals surface area contributed by atoms with Crippen LogP contribution < -0.4 is 25.7 Å². The van der Waals surface area contributed by atoms with Gasteiger partial charge in [-0.3, -0.25) is 20.0 Å².